The van der Waals surface area contributed by atoms with E-state index in [1.54, 1.807) is 6.92 Å². The molecule has 0 spiro atoms. The van der Waals surface area contributed by atoms with Gasteiger partial charge in [-0.25, -0.2) is 9.48 Å². The molecule has 0 amide bonds. The van der Waals surface area contributed by atoms with Crippen molar-refractivity contribution in [1.82, 2.24) is 30.0 Å². The lowest BCUT2D eigenvalue weighted by atomic mass is 9.77. The fraction of sp³-hybridized carbons (Fsp3) is 0.167. The smallest absolute Gasteiger partial charge is 0.358 e. The second-order valence-electron chi connectivity index (χ2n) is 12.1. The van der Waals surface area contributed by atoms with Crippen molar-refractivity contribution in [2.45, 2.75) is 38.8 Å². The standard InChI is InChI=1S/C42H38N6O2/c1-3-16-36-29-39(41(49)50-4-2)44-47(36)30-31-25-27-32(28-26-31)37-23-14-15-24-38(37)40-43-45-46-48(40)42(33-17-8-5-9-18-33,34-19-10-6-11-20-34)35-21-12-7-13-22-35/h5-15,17-29H,3-4,16,30H2,1-2H3. The van der Waals surface area contributed by atoms with E-state index in [9.17, 15) is 4.79 Å². The van der Waals surface area contributed by atoms with Gasteiger partial charge in [0.15, 0.2) is 11.5 Å². The third kappa shape index (κ3) is 6.12. The van der Waals surface area contributed by atoms with Gasteiger partial charge in [-0.3, -0.25) is 4.68 Å². The van der Waals surface area contributed by atoms with Crippen LogP contribution < -0.4 is 0 Å². The molecular formula is C42H38N6O2. The lowest BCUT2D eigenvalue weighted by Crippen LogP contribution is -2.39. The van der Waals surface area contributed by atoms with Crippen LogP contribution in [0.3, 0.4) is 0 Å². The molecule has 248 valence electrons. The van der Waals surface area contributed by atoms with Crippen molar-refractivity contribution in [3.63, 3.8) is 0 Å². The molecule has 0 atom stereocenters. The molecule has 2 heterocycles. The van der Waals surface area contributed by atoms with Crippen LogP contribution in [0.4, 0.5) is 0 Å². The normalized spacial score (nSPS) is 11.4. The minimum atomic E-state index is -0.859. The molecule has 8 heteroatoms. The third-order valence-corrected chi connectivity index (χ3v) is 8.98. The Balaban J connectivity index is 1.31. The molecule has 8 nitrogen and oxygen atoms in total. The van der Waals surface area contributed by atoms with Crippen LogP contribution in [0, 0.1) is 0 Å². The number of hydrogen-bond donors (Lipinski definition) is 0. The molecule has 0 saturated heterocycles. The lowest BCUT2D eigenvalue weighted by molar-refractivity contribution is 0.0518. The quantitative estimate of drug-likeness (QED) is 0.0971. The maximum atomic E-state index is 12.4. The van der Waals surface area contributed by atoms with Gasteiger partial charge < -0.3 is 4.74 Å². The molecule has 7 aromatic rings. The largest absolute Gasteiger partial charge is 0.461 e. The Morgan fingerprint density at radius 3 is 1.82 bits per heavy atom. The minimum absolute atomic E-state index is 0.315. The third-order valence-electron chi connectivity index (χ3n) is 8.98. The fourth-order valence-corrected chi connectivity index (χ4v) is 6.73. The average Bonchev–Trinajstić information content (AvgIpc) is 3.82. The zero-order chi connectivity index (χ0) is 34.3. The van der Waals surface area contributed by atoms with Crippen molar-refractivity contribution < 1.29 is 9.53 Å². The summed E-state index contributed by atoms with van der Waals surface area (Å²) in [6.45, 7) is 4.78. The van der Waals surface area contributed by atoms with Gasteiger partial charge in [-0.1, -0.05) is 153 Å². The summed E-state index contributed by atoms with van der Waals surface area (Å²) in [6.07, 6.45) is 1.77. The van der Waals surface area contributed by atoms with Gasteiger partial charge in [0.25, 0.3) is 0 Å². The van der Waals surface area contributed by atoms with E-state index in [1.165, 1.54) is 0 Å². The molecule has 0 aliphatic heterocycles. The first kappa shape index (κ1) is 32.4. The van der Waals surface area contributed by atoms with Crippen LogP contribution in [0.2, 0.25) is 0 Å². The molecule has 0 N–H and O–H groups in total. The Labute approximate surface area is 292 Å². The molecule has 5 aromatic carbocycles. The molecule has 0 fully saturated rings. The van der Waals surface area contributed by atoms with Crippen LogP contribution in [0.25, 0.3) is 22.5 Å². The summed E-state index contributed by atoms with van der Waals surface area (Å²) in [5.74, 6) is 0.252. The van der Waals surface area contributed by atoms with Gasteiger partial charge in [0.05, 0.1) is 13.2 Å². The van der Waals surface area contributed by atoms with Crippen molar-refractivity contribution in [3.05, 3.63) is 179 Å². The monoisotopic (exact) mass is 658 g/mol. The highest BCUT2D eigenvalue weighted by Crippen LogP contribution is 2.43. The molecule has 0 bridgehead atoms. The molecule has 0 saturated carbocycles. The number of aryl methyl sites for hydroxylation is 1. The number of benzene rings is 5. The molecule has 0 radical (unpaired) electrons. The van der Waals surface area contributed by atoms with Gasteiger partial charge in [-0.15, -0.1) is 5.10 Å². The van der Waals surface area contributed by atoms with Gasteiger partial charge in [0.2, 0.25) is 0 Å². The van der Waals surface area contributed by atoms with Gasteiger partial charge in [-0.05, 0) is 63.2 Å². The Hall–Kier alpha value is -6.15. The Bertz CT molecular complexity index is 2080. The van der Waals surface area contributed by atoms with E-state index in [4.69, 9.17) is 15.0 Å². The summed E-state index contributed by atoms with van der Waals surface area (Å²) >= 11 is 0. The molecular weight excluding hydrogens is 621 g/mol. The van der Waals surface area contributed by atoms with Gasteiger partial charge in [0, 0.05) is 11.3 Å². The van der Waals surface area contributed by atoms with Crippen LogP contribution in [-0.4, -0.2) is 42.6 Å². The summed E-state index contributed by atoms with van der Waals surface area (Å²) in [4.78, 5) is 12.4. The number of nitrogens with zero attached hydrogens (tertiary/aromatic N) is 6. The summed E-state index contributed by atoms with van der Waals surface area (Å²) < 4.78 is 9.08. The molecule has 7 rings (SSSR count). The molecule has 0 aliphatic rings. The molecule has 50 heavy (non-hydrogen) atoms. The van der Waals surface area contributed by atoms with Crippen molar-refractivity contribution >= 4 is 5.97 Å². The molecule has 2 aromatic heterocycles. The highest BCUT2D eigenvalue weighted by molar-refractivity contribution is 5.87. The zero-order valence-corrected chi connectivity index (χ0v) is 28.2. The molecule has 0 aliphatic carbocycles. The first-order valence-corrected chi connectivity index (χ1v) is 17.0. The Morgan fingerprint density at radius 2 is 1.26 bits per heavy atom. The summed E-state index contributed by atoms with van der Waals surface area (Å²) in [5.41, 5.74) is 7.64. The van der Waals surface area contributed by atoms with Crippen molar-refractivity contribution in [3.8, 4) is 22.5 Å². The maximum absolute atomic E-state index is 12.4. The number of rotatable bonds is 12. The second-order valence-corrected chi connectivity index (χ2v) is 12.1. The van der Waals surface area contributed by atoms with Crippen LogP contribution in [-0.2, 0) is 23.2 Å². The SMILES string of the molecule is CCCc1cc(C(=O)OCC)nn1Cc1ccc(-c2ccccc2-c2nnnn2C(c2ccccc2)(c2ccccc2)c2ccccc2)cc1. The first-order valence-electron chi connectivity index (χ1n) is 17.0. The van der Waals surface area contributed by atoms with Crippen LogP contribution in [0.5, 0.6) is 0 Å². The van der Waals surface area contributed by atoms with E-state index in [0.29, 0.717) is 24.7 Å². The number of carbonyl (C=O) groups is 1. The summed E-state index contributed by atoms with van der Waals surface area (Å²) in [6, 6.07) is 49.8. The predicted molar refractivity (Wildman–Crippen MR) is 195 cm³/mol. The van der Waals surface area contributed by atoms with Gasteiger partial charge >= 0.3 is 5.97 Å². The van der Waals surface area contributed by atoms with E-state index in [-0.39, 0.29) is 0 Å². The average molecular weight is 659 g/mol. The van der Waals surface area contributed by atoms with Crippen LogP contribution in [0.1, 0.15) is 58.7 Å². The number of esters is 1. The predicted octanol–water partition coefficient (Wildman–Crippen LogP) is 8.22. The summed E-state index contributed by atoms with van der Waals surface area (Å²) in [7, 11) is 0. The van der Waals surface area contributed by atoms with Crippen LogP contribution >= 0.6 is 0 Å². The number of carbonyl (C=O) groups excluding carboxylic acids is 1. The van der Waals surface area contributed by atoms with Crippen molar-refractivity contribution in [2.75, 3.05) is 6.61 Å². The lowest BCUT2D eigenvalue weighted by Gasteiger charge is -2.36. The van der Waals surface area contributed by atoms with E-state index >= 15 is 0 Å². The van der Waals surface area contributed by atoms with Crippen LogP contribution in [0.15, 0.2) is 146 Å². The number of hydrogen-bond acceptors (Lipinski definition) is 6. The van der Waals surface area contributed by atoms with E-state index in [0.717, 1.165) is 57.5 Å². The highest BCUT2D eigenvalue weighted by atomic mass is 16.5. The van der Waals surface area contributed by atoms with Gasteiger partial charge in [-0.2, -0.15) is 5.10 Å². The number of ether oxygens (including phenoxy) is 1. The topological polar surface area (TPSA) is 87.7 Å². The van der Waals surface area contributed by atoms with E-state index in [1.807, 2.05) is 45.8 Å². The minimum Gasteiger partial charge on any atom is -0.461 e. The second kappa shape index (κ2) is 14.5. The Morgan fingerprint density at radius 1 is 0.700 bits per heavy atom. The maximum Gasteiger partial charge on any atom is 0.358 e. The van der Waals surface area contributed by atoms with E-state index in [2.05, 4.69) is 126 Å². The van der Waals surface area contributed by atoms with Crippen molar-refractivity contribution in [2.24, 2.45) is 0 Å². The van der Waals surface area contributed by atoms with E-state index < -0.39 is 11.5 Å². The van der Waals surface area contributed by atoms with Crippen molar-refractivity contribution in [1.29, 1.82) is 0 Å². The Kier molecular flexibility index (Phi) is 9.42. The summed E-state index contributed by atoms with van der Waals surface area (Å²) in [5, 5.41) is 18.4. The first-order chi connectivity index (χ1) is 24.6. The number of aromatic nitrogens is 6. The zero-order valence-electron chi connectivity index (χ0n) is 28.2. The fourth-order valence-electron chi connectivity index (χ4n) is 6.73. The highest BCUT2D eigenvalue weighted by Gasteiger charge is 2.42. The number of tetrazole rings is 1. The molecule has 0 unspecified atom stereocenters. The van der Waals surface area contributed by atoms with Gasteiger partial charge in [0.1, 0.15) is 5.54 Å².